The molecule has 0 heterocycles. The molecule has 2 aromatic carbocycles. The number of esters is 1. The molecule has 0 aliphatic heterocycles. The molecule has 0 spiro atoms. The summed E-state index contributed by atoms with van der Waals surface area (Å²) in [5, 5.41) is 2.62. The Morgan fingerprint density at radius 2 is 1.50 bits per heavy atom. The molecule has 0 aromatic heterocycles. The van der Waals surface area contributed by atoms with Crippen molar-refractivity contribution in [3.8, 4) is 5.75 Å². The third-order valence-corrected chi connectivity index (χ3v) is 4.04. The van der Waals surface area contributed by atoms with E-state index in [1.165, 1.54) is 0 Å². The number of methoxy groups -OCH3 is 1. The van der Waals surface area contributed by atoms with Crippen LogP contribution in [-0.4, -0.2) is 25.2 Å². The van der Waals surface area contributed by atoms with E-state index in [-0.39, 0.29) is 19.1 Å². The van der Waals surface area contributed by atoms with E-state index < -0.39 is 18.1 Å². The predicted molar refractivity (Wildman–Crippen MR) is 106 cm³/mol. The molecule has 6 nitrogen and oxygen atoms in total. The number of carbonyl (C=O) groups is 2. The predicted octanol–water partition coefficient (Wildman–Crippen LogP) is 4.08. The zero-order valence-electron chi connectivity index (χ0n) is 16.5. The van der Waals surface area contributed by atoms with E-state index >= 15 is 0 Å². The fourth-order valence-electron chi connectivity index (χ4n) is 2.57. The minimum absolute atomic E-state index is 0.100. The van der Waals surface area contributed by atoms with Gasteiger partial charge in [0.25, 0.3) is 0 Å². The molecule has 0 radical (unpaired) electrons. The number of benzene rings is 2. The first kappa shape index (κ1) is 21.3. The molecule has 1 amide bonds. The third-order valence-electron chi connectivity index (χ3n) is 4.04. The quantitative estimate of drug-likeness (QED) is 0.659. The lowest BCUT2D eigenvalue weighted by Gasteiger charge is -2.19. The van der Waals surface area contributed by atoms with Crippen LogP contribution in [0.1, 0.15) is 31.4 Å². The van der Waals surface area contributed by atoms with E-state index in [0.29, 0.717) is 6.42 Å². The van der Waals surface area contributed by atoms with Crippen LogP contribution in [0.15, 0.2) is 54.6 Å². The van der Waals surface area contributed by atoms with E-state index in [4.69, 9.17) is 14.2 Å². The van der Waals surface area contributed by atoms with Crippen molar-refractivity contribution in [3.63, 3.8) is 0 Å². The van der Waals surface area contributed by atoms with Crippen molar-refractivity contribution in [2.45, 2.75) is 39.5 Å². The molecule has 150 valence electrons. The molecule has 0 bridgehead atoms. The summed E-state index contributed by atoms with van der Waals surface area (Å²) in [5.41, 5.74) is 1.71. The standard InChI is InChI=1S/C22H27NO5/c1-16(2)13-20(21(24)27-14-17-7-5-4-6-8-17)23-22(25)28-15-18-9-11-19(26-3)12-10-18/h4-12,16,20H,13-15H2,1-3H3,(H,23,25)/t20-/m0/s1. The number of ether oxygens (including phenoxy) is 3. The summed E-state index contributed by atoms with van der Waals surface area (Å²) >= 11 is 0. The molecule has 0 aliphatic rings. The molecular formula is C22H27NO5. The van der Waals surface area contributed by atoms with Crippen LogP contribution >= 0.6 is 0 Å². The van der Waals surface area contributed by atoms with E-state index in [1.54, 1.807) is 19.2 Å². The summed E-state index contributed by atoms with van der Waals surface area (Å²) in [7, 11) is 1.59. The molecule has 1 atom stereocenters. The zero-order valence-corrected chi connectivity index (χ0v) is 16.5. The van der Waals surface area contributed by atoms with Crippen molar-refractivity contribution in [1.29, 1.82) is 0 Å². The van der Waals surface area contributed by atoms with Gasteiger partial charge < -0.3 is 19.5 Å². The topological polar surface area (TPSA) is 73.9 Å². The largest absolute Gasteiger partial charge is 0.497 e. The SMILES string of the molecule is COc1ccc(COC(=O)N[C@@H](CC(C)C)C(=O)OCc2ccccc2)cc1. The van der Waals surface area contributed by atoms with Gasteiger partial charge in [0.15, 0.2) is 0 Å². The number of carbonyl (C=O) groups excluding carboxylic acids is 2. The molecule has 2 rings (SSSR count). The second-order valence-electron chi connectivity index (χ2n) is 6.84. The highest BCUT2D eigenvalue weighted by atomic mass is 16.6. The maximum Gasteiger partial charge on any atom is 0.408 e. The van der Waals surface area contributed by atoms with Crippen molar-refractivity contribution < 1.29 is 23.8 Å². The molecule has 0 saturated heterocycles. The summed E-state index contributed by atoms with van der Waals surface area (Å²) in [6.45, 7) is 4.21. The fourth-order valence-corrected chi connectivity index (χ4v) is 2.57. The fraction of sp³-hybridized carbons (Fsp3) is 0.364. The average molecular weight is 385 g/mol. The van der Waals surface area contributed by atoms with Crippen LogP contribution in [0, 0.1) is 5.92 Å². The summed E-state index contributed by atoms with van der Waals surface area (Å²) in [4.78, 5) is 24.6. The highest BCUT2D eigenvalue weighted by Crippen LogP contribution is 2.13. The van der Waals surface area contributed by atoms with Gasteiger partial charge in [-0.05, 0) is 35.6 Å². The number of amides is 1. The summed E-state index contributed by atoms with van der Waals surface area (Å²) in [5.74, 6) is 0.460. The molecule has 0 fully saturated rings. The van der Waals surface area contributed by atoms with Crippen LogP contribution in [0.25, 0.3) is 0 Å². The van der Waals surface area contributed by atoms with Crippen LogP contribution in [0.2, 0.25) is 0 Å². The van der Waals surface area contributed by atoms with Gasteiger partial charge in [0.1, 0.15) is 25.0 Å². The number of hydrogen-bond acceptors (Lipinski definition) is 5. The van der Waals surface area contributed by atoms with Gasteiger partial charge in [-0.2, -0.15) is 0 Å². The molecular weight excluding hydrogens is 358 g/mol. The monoisotopic (exact) mass is 385 g/mol. The number of hydrogen-bond donors (Lipinski definition) is 1. The van der Waals surface area contributed by atoms with Gasteiger partial charge in [-0.15, -0.1) is 0 Å². The highest BCUT2D eigenvalue weighted by molar-refractivity contribution is 5.81. The van der Waals surface area contributed by atoms with Crippen LogP contribution < -0.4 is 10.1 Å². The minimum atomic E-state index is -0.757. The lowest BCUT2D eigenvalue weighted by molar-refractivity contribution is -0.147. The lowest BCUT2D eigenvalue weighted by Crippen LogP contribution is -2.42. The average Bonchev–Trinajstić information content (AvgIpc) is 2.70. The van der Waals surface area contributed by atoms with Crippen molar-refractivity contribution in [2.24, 2.45) is 5.92 Å². The van der Waals surface area contributed by atoms with E-state index in [1.807, 2.05) is 56.3 Å². The van der Waals surface area contributed by atoms with Crippen LogP contribution in [0.4, 0.5) is 4.79 Å². The molecule has 2 aromatic rings. The first-order valence-corrected chi connectivity index (χ1v) is 9.24. The van der Waals surface area contributed by atoms with Gasteiger partial charge in [0.05, 0.1) is 7.11 Å². The van der Waals surface area contributed by atoms with Gasteiger partial charge in [0.2, 0.25) is 0 Å². The maximum absolute atomic E-state index is 12.4. The molecule has 1 N–H and O–H groups in total. The second-order valence-corrected chi connectivity index (χ2v) is 6.84. The minimum Gasteiger partial charge on any atom is -0.497 e. The summed E-state index contributed by atoms with van der Waals surface area (Å²) in [6, 6.07) is 15.9. The Kier molecular flexibility index (Phi) is 8.34. The lowest BCUT2D eigenvalue weighted by atomic mass is 10.0. The Hall–Kier alpha value is -3.02. The Bertz CT molecular complexity index is 743. The molecule has 0 aliphatic carbocycles. The van der Waals surface area contributed by atoms with Gasteiger partial charge in [-0.25, -0.2) is 9.59 Å². The number of rotatable bonds is 9. The Morgan fingerprint density at radius 1 is 0.893 bits per heavy atom. The molecule has 0 unspecified atom stereocenters. The molecule has 0 saturated carbocycles. The van der Waals surface area contributed by atoms with E-state index in [9.17, 15) is 9.59 Å². The zero-order chi connectivity index (χ0) is 20.4. The molecule has 6 heteroatoms. The van der Waals surface area contributed by atoms with Crippen molar-refractivity contribution in [3.05, 3.63) is 65.7 Å². The smallest absolute Gasteiger partial charge is 0.408 e. The van der Waals surface area contributed by atoms with Gasteiger partial charge in [-0.3, -0.25) is 0 Å². The summed E-state index contributed by atoms with van der Waals surface area (Å²) < 4.78 is 15.7. The van der Waals surface area contributed by atoms with Crippen molar-refractivity contribution in [2.75, 3.05) is 7.11 Å². The van der Waals surface area contributed by atoms with Crippen LogP contribution in [0.3, 0.4) is 0 Å². The van der Waals surface area contributed by atoms with Crippen molar-refractivity contribution >= 4 is 12.1 Å². The second kappa shape index (κ2) is 11.0. The molecule has 28 heavy (non-hydrogen) atoms. The van der Waals surface area contributed by atoms with Crippen LogP contribution in [0.5, 0.6) is 5.75 Å². The summed E-state index contributed by atoms with van der Waals surface area (Å²) in [6.07, 6.45) is -0.191. The van der Waals surface area contributed by atoms with Gasteiger partial charge in [-0.1, -0.05) is 56.3 Å². The highest BCUT2D eigenvalue weighted by Gasteiger charge is 2.24. The van der Waals surface area contributed by atoms with Gasteiger partial charge in [0, 0.05) is 0 Å². The van der Waals surface area contributed by atoms with Gasteiger partial charge >= 0.3 is 12.1 Å². The van der Waals surface area contributed by atoms with E-state index in [2.05, 4.69) is 5.32 Å². The van der Waals surface area contributed by atoms with E-state index in [0.717, 1.165) is 16.9 Å². The Morgan fingerprint density at radius 3 is 2.11 bits per heavy atom. The Labute approximate surface area is 165 Å². The maximum atomic E-state index is 12.4. The Balaban J connectivity index is 1.86. The number of nitrogens with one attached hydrogen (secondary N) is 1. The first-order valence-electron chi connectivity index (χ1n) is 9.24. The van der Waals surface area contributed by atoms with Crippen LogP contribution in [-0.2, 0) is 27.5 Å². The normalized spacial score (nSPS) is 11.6. The van der Waals surface area contributed by atoms with Crippen molar-refractivity contribution in [1.82, 2.24) is 5.32 Å². The first-order chi connectivity index (χ1) is 13.5. The third kappa shape index (κ3) is 7.31. The number of alkyl carbamates (subject to hydrolysis) is 1.